The number of esters is 1. The van der Waals surface area contributed by atoms with Crippen LogP contribution in [0, 0.1) is 5.82 Å². The van der Waals surface area contributed by atoms with Gasteiger partial charge < -0.3 is 10.1 Å². The zero-order valence-electron chi connectivity index (χ0n) is 12.0. The Morgan fingerprint density at radius 3 is 2.73 bits per heavy atom. The van der Waals surface area contributed by atoms with Crippen molar-refractivity contribution in [2.75, 3.05) is 6.54 Å². The van der Waals surface area contributed by atoms with Crippen LogP contribution in [0.4, 0.5) is 17.6 Å². The molecule has 0 amide bonds. The molecule has 0 saturated carbocycles. The van der Waals surface area contributed by atoms with Crippen molar-refractivity contribution in [2.24, 2.45) is 0 Å². The molecule has 2 atom stereocenters. The highest BCUT2D eigenvalue weighted by atomic mass is 19.4. The van der Waals surface area contributed by atoms with Crippen LogP contribution in [0.3, 0.4) is 0 Å². The molecule has 122 valence electrons. The minimum absolute atomic E-state index is 0.0609. The van der Waals surface area contributed by atoms with Crippen LogP contribution in [0.1, 0.15) is 30.9 Å². The highest BCUT2D eigenvalue weighted by molar-refractivity contribution is 5.66. The zero-order valence-corrected chi connectivity index (χ0v) is 12.0. The van der Waals surface area contributed by atoms with E-state index in [9.17, 15) is 22.4 Å². The van der Waals surface area contributed by atoms with Gasteiger partial charge in [0.1, 0.15) is 11.9 Å². The minimum atomic E-state index is -4.69. The van der Waals surface area contributed by atoms with Gasteiger partial charge in [-0.25, -0.2) is 4.39 Å². The molecule has 1 saturated heterocycles. The molecule has 3 nitrogen and oxygen atoms in total. The van der Waals surface area contributed by atoms with Gasteiger partial charge in [0, 0.05) is 19.4 Å². The van der Waals surface area contributed by atoms with E-state index in [1.54, 1.807) is 0 Å². The van der Waals surface area contributed by atoms with E-state index in [1.807, 2.05) is 0 Å². The lowest BCUT2D eigenvalue weighted by Gasteiger charge is -2.30. The van der Waals surface area contributed by atoms with E-state index in [4.69, 9.17) is 4.74 Å². The van der Waals surface area contributed by atoms with Crippen LogP contribution in [-0.4, -0.2) is 24.7 Å². The number of hydrogen-bond donors (Lipinski definition) is 1. The smallest absolute Gasteiger partial charge is 0.419 e. The van der Waals surface area contributed by atoms with E-state index in [0.29, 0.717) is 31.4 Å². The molecule has 1 fully saturated rings. The molecule has 7 heteroatoms. The second-order valence-corrected chi connectivity index (χ2v) is 5.42. The Morgan fingerprint density at radius 1 is 1.41 bits per heavy atom. The molecule has 1 aliphatic rings. The average Bonchev–Trinajstić information content (AvgIpc) is 2.36. The number of piperidine rings is 1. The summed E-state index contributed by atoms with van der Waals surface area (Å²) in [5.41, 5.74) is -0.780. The van der Waals surface area contributed by atoms with Crippen LogP contribution in [0.25, 0.3) is 0 Å². The molecule has 0 bridgehead atoms. The highest BCUT2D eigenvalue weighted by Gasteiger charge is 2.34. The Hall–Kier alpha value is -1.63. The van der Waals surface area contributed by atoms with E-state index in [2.05, 4.69) is 5.32 Å². The standard InChI is InChI=1S/C15H17F4NO2/c1-9(21)22-12-4-5-20-11(8-12)6-10-2-3-13(14(16)7-10)15(17,18)19/h2-3,7,11-12,20H,4-6,8H2,1H3. The summed E-state index contributed by atoms with van der Waals surface area (Å²) >= 11 is 0. The average molecular weight is 319 g/mol. The summed E-state index contributed by atoms with van der Waals surface area (Å²) in [5, 5.41) is 3.20. The molecule has 1 aromatic rings. The van der Waals surface area contributed by atoms with E-state index in [0.717, 1.165) is 12.1 Å². The van der Waals surface area contributed by atoms with Crippen molar-refractivity contribution in [1.29, 1.82) is 0 Å². The van der Waals surface area contributed by atoms with Crippen molar-refractivity contribution >= 4 is 5.97 Å². The molecule has 0 aromatic heterocycles. The molecule has 0 aliphatic carbocycles. The first-order chi connectivity index (χ1) is 10.3. The van der Waals surface area contributed by atoms with Crippen LogP contribution >= 0.6 is 0 Å². The number of ether oxygens (including phenoxy) is 1. The number of nitrogens with one attached hydrogen (secondary N) is 1. The van der Waals surface area contributed by atoms with Gasteiger partial charge in [0.2, 0.25) is 0 Å². The van der Waals surface area contributed by atoms with Crippen molar-refractivity contribution in [1.82, 2.24) is 5.32 Å². The fourth-order valence-electron chi connectivity index (χ4n) is 2.66. The van der Waals surface area contributed by atoms with Gasteiger partial charge in [0.25, 0.3) is 0 Å². The maximum absolute atomic E-state index is 13.5. The second kappa shape index (κ2) is 6.64. The summed E-state index contributed by atoms with van der Waals surface area (Å²) in [4.78, 5) is 11.0. The van der Waals surface area contributed by atoms with E-state index in [-0.39, 0.29) is 18.1 Å². The lowest BCUT2D eigenvalue weighted by atomic mass is 9.95. The maximum atomic E-state index is 13.5. The first-order valence-electron chi connectivity index (χ1n) is 7.02. The summed E-state index contributed by atoms with van der Waals surface area (Å²) in [5.74, 6) is -1.62. The summed E-state index contributed by atoms with van der Waals surface area (Å²) in [6, 6.07) is 2.90. The van der Waals surface area contributed by atoms with Crippen LogP contribution < -0.4 is 5.32 Å². The number of benzene rings is 1. The Labute approximate surface area is 125 Å². The first kappa shape index (κ1) is 16.7. The Bertz CT molecular complexity index is 545. The van der Waals surface area contributed by atoms with Crippen molar-refractivity contribution in [3.63, 3.8) is 0 Å². The normalized spacial score (nSPS) is 22.4. The molecular formula is C15H17F4NO2. The summed E-state index contributed by atoms with van der Waals surface area (Å²) < 4.78 is 56.2. The van der Waals surface area contributed by atoms with E-state index < -0.39 is 17.6 Å². The molecule has 1 heterocycles. The van der Waals surface area contributed by atoms with Gasteiger partial charge in [0.05, 0.1) is 5.56 Å². The van der Waals surface area contributed by atoms with Crippen molar-refractivity contribution in [3.8, 4) is 0 Å². The third kappa shape index (κ3) is 4.43. The molecule has 0 spiro atoms. The number of rotatable bonds is 3. The molecular weight excluding hydrogens is 302 g/mol. The SMILES string of the molecule is CC(=O)OC1CCNC(Cc2ccc(C(F)(F)F)c(F)c2)C1. The van der Waals surface area contributed by atoms with E-state index >= 15 is 0 Å². The lowest BCUT2D eigenvalue weighted by molar-refractivity contribution is -0.148. The zero-order chi connectivity index (χ0) is 16.3. The monoisotopic (exact) mass is 319 g/mol. The van der Waals surface area contributed by atoms with E-state index in [1.165, 1.54) is 13.0 Å². The quantitative estimate of drug-likeness (QED) is 0.687. The van der Waals surface area contributed by atoms with Gasteiger partial charge >= 0.3 is 12.1 Å². The second-order valence-electron chi connectivity index (χ2n) is 5.42. The van der Waals surface area contributed by atoms with Gasteiger partial charge in [-0.3, -0.25) is 4.79 Å². The van der Waals surface area contributed by atoms with Gasteiger partial charge in [-0.2, -0.15) is 13.2 Å². The molecule has 0 radical (unpaired) electrons. The van der Waals surface area contributed by atoms with Gasteiger partial charge in [0.15, 0.2) is 0 Å². The number of hydrogen-bond acceptors (Lipinski definition) is 3. The number of carbonyl (C=O) groups is 1. The number of alkyl halides is 3. The molecule has 2 rings (SSSR count). The predicted octanol–water partition coefficient (Wildman–Crippen LogP) is 3.07. The first-order valence-corrected chi connectivity index (χ1v) is 7.02. The summed E-state index contributed by atoms with van der Waals surface area (Å²) in [6.45, 7) is 1.98. The van der Waals surface area contributed by atoms with Gasteiger partial charge in [-0.05, 0) is 37.1 Å². The molecule has 1 N–H and O–H groups in total. The largest absolute Gasteiger partial charge is 0.462 e. The lowest BCUT2D eigenvalue weighted by Crippen LogP contribution is -2.43. The Balaban J connectivity index is 2.01. The minimum Gasteiger partial charge on any atom is -0.462 e. The summed E-state index contributed by atoms with van der Waals surface area (Å²) in [7, 11) is 0. The van der Waals surface area contributed by atoms with Crippen LogP contribution in [0.5, 0.6) is 0 Å². The highest BCUT2D eigenvalue weighted by Crippen LogP contribution is 2.31. The van der Waals surface area contributed by atoms with Gasteiger partial charge in [-0.1, -0.05) is 6.07 Å². The van der Waals surface area contributed by atoms with Crippen molar-refractivity contribution in [3.05, 3.63) is 35.1 Å². The molecule has 1 aromatic carbocycles. The fourth-order valence-corrected chi connectivity index (χ4v) is 2.66. The predicted molar refractivity (Wildman–Crippen MR) is 71.7 cm³/mol. The van der Waals surface area contributed by atoms with Crippen LogP contribution in [0.15, 0.2) is 18.2 Å². The topological polar surface area (TPSA) is 38.3 Å². The van der Waals surface area contributed by atoms with Crippen molar-refractivity contribution < 1.29 is 27.1 Å². The fraction of sp³-hybridized carbons (Fsp3) is 0.533. The third-order valence-electron chi connectivity index (χ3n) is 3.60. The Kier molecular flexibility index (Phi) is 5.05. The number of carbonyl (C=O) groups excluding carboxylic acids is 1. The Morgan fingerprint density at radius 2 is 2.14 bits per heavy atom. The molecule has 2 unspecified atom stereocenters. The summed E-state index contributed by atoms with van der Waals surface area (Å²) in [6.07, 6.45) is -3.26. The third-order valence-corrected chi connectivity index (χ3v) is 3.60. The molecule has 22 heavy (non-hydrogen) atoms. The number of halogens is 4. The van der Waals surface area contributed by atoms with Crippen molar-refractivity contribution in [2.45, 2.75) is 44.5 Å². The van der Waals surface area contributed by atoms with Crippen LogP contribution in [-0.2, 0) is 22.1 Å². The molecule has 1 aliphatic heterocycles. The maximum Gasteiger partial charge on any atom is 0.419 e. The van der Waals surface area contributed by atoms with Gasteiger partial charge in [-0.15, -0.1) is 0 Å². The van der Waals surface area contributed by atoms with Crippen LogP contribution in [0.2, 0.25) is 0 Å².